The van der Waals surface area contributed by atoms with Gasteiger partial charge in [0.25, 0.3) is 0 Å². The van der Waals surface area contributed by atoms with Gasteiger partial charge in [-0.2, -0.15) is 0 Å². The maximum absolute atomic E-state index is 7.27. The number of nitrogens with zero attached hydrogens (tertiary/aromatic N) is 2. The van der Waals surface area contributed by atoms with Crippen LogP contribution in [0.15, 0.2) is 144 Å². The van der Waals surface area contributed by atoms with Crippen LogP contribution in [0.3, 0.4) is 0 Å². The number of aromatic nitrogens is 1. The van der Waals surface area contributed by atoms with E-state index in [1.165, 1.54) is 125 Å². The lowest BCUT2D eigenvalue weighted by Gasteiger charge is -2.43. The molecule has 1 aliphatic carbocycles. The van der Waals surface area contributed by atoms with Crippen LogP contribution >= 0.6 is 11.3 Å². The van der Waals surface area contributed by atoms with Gasteiger partial charge in [-0.3, -0.25) is 0 Å². The monoisotopic (exact) mass is 842 g/mol. The number of rotatable bonds is 1. The lowest BCUT2D eigenvalue weighted by molar-refractivity contribution is 0.590. The Morgan fingerprint density at radius 2 is 1.28 bits per heavy atom. The Labute approximate surface area is 377 Å². The van der Waals surface area contributed by atoms with Crippen LogP contribution in [0.4, 0.5) is 11.4 Å². The van der Waals surface area contributed by atoms with E-state index in [1.807, 2.05) is 11.3 Å². The summed E-state index contributed by atoms with van der Waals surface area (Å²) in [6.07, 6.45) is 0. The zero-order valence-corrected chi connectivity index (χ0v) is 38.4. The van der Waals surface area contributed by atoms with Crippen molar-refractivity contribution in [2.24, 2.45) is 0 Å². The second-order valence-corrected chi connectivity index (χ2v) is 22.4. The first kappa shape index (κ1) is 36.9. The van der Waals surface area contributed by atoms with Gasteiger partial charge in [-0.15, -0.1) is 11.3 Å². The fraction of sp³-hybridized carbons (Fsp3) is 0.186. The van der Waals surface area contributed by atoms with Crippen LogP contribution in [0.25, 0.3) is 91.9 Å². The van der Waals surface area contributed by atoms with Gasteiger partial charge in [-0.1, -0.05) is 140 Å². The highest BCUT2D eigenvalue weighted by atomic mass is 32.1. The Hall–Kier alpha value is -6.56. The lowest BCUT2D eigenvalue weighted by Crippen LogP contribution is -2.60. The number of anilines is 2. The molecule has 0 amide bonds. The number of para-hydroxylation sites is 1. The molecule has 64 heavy (non-hydrogen) atoms. The van der Waals surface area contributed by atoms with Gasteiger partial charge in [-0.05, 0) is 115 Å². The molecule has 5 heterocycles. The van der Waals surface area contributed by atoms with Gasteiger partial charge in [-0.25, -0.2) is 0 Å². The molecule has 8 aromatic carbocycles. The van der Waals surface area contributed by atoms with Crippen LogP contribution in [0.1, 0.15) is 77.6 Å². The second-order valence-electron chi connectivity index (χ2n) is 21.3. The Bertz CT molecular complexity index is 3900. The highest BCUT2D eigenvalue weighted by Gasteiger charge is 2.48. The van der Waals surface area contributed by atoms with Crippen molar-refractivity contribution in [3.8, 4) is 27.9 Å². The Kier molecular flexibility index (Phi) is 6.89. The van der Waals surface area contributed by atoms with Crippen LogP contribution in [-0.4, -0.2) is 11.4 Å². The highest BCUT2D eigenvalue weighted by Crippen LogP contribution is 2.57. The largest absolute Gasteiger partial charge is 0.455 e. The van der Waals surface area contributed by atoms with E-state index in [9.17, 15) is 0 Å². The minimum absolute atomic E-state index is 0.0249. The van der Waals surface area contributed by atoms with Gasteiger partial charge in [0.2, 0.25) is 0 Å². The van der Waals surface area contributed by atoms with Gasteiger partial charge in [0.05, 0.1) is 16.4 Å². The third kappa shape index (κ3) is 4.58. The van der Waals surface area contributed by atoms with E-state index in [-0.39, 0.29) is 23.1 Å². The Morgan fingerprint density at radius 1 is 0.562 bits per heavy atom. The van der Waals surface area contributed by atoms with Gasteiger partial charge >= 0.3 is 6.85 Å². The van der Waals surface area contributed by atoms with E-state index in [1.54, 1.807) is 0 Å². The van der Waals surface area contributed by atoms with Crippen molar-refractivity contribution in [2.75, 3.05) is 4.81 Å². The van der Waals surface area contributed by atoms with Crippen LogP contribution < -0.4 is 15.7 Å². The molecule has 5 heteroatoms. The summed E-state index contributed by atoms with van der Waals surface area (Å²) in [5, 5.41) is 7.47. The van der Waals surface area contributed by atoms with Gasteiger partial charge in [0, 0.05) is 64.4 Å². The molecule has 3 aliphatic rings. The number of fused-ring (bicyclic) bond motifs is 19. The quantitative estimate of drug-likeness (QED) is 0.154. The van der Waals surface area contributed by atoms with Crippen molar-refractivity contribution in [3.05, 3.63) is 162 Å². The molecule has 308 valence electrons. The molecule has 0 radical (unpaired) electrons. The average Bonchev–Trinajstić information content (AvgIpc) is 4.01. The molecule has 0 atom stereocenters. The van der Waals surface area contributed by atoms with Crippen molar-refractivity contribution in [1.29, 1.82) is 0 Å². The summed E-state index contributed by atoms with van der Waals surface area (Å²) in [6, 6.07) is 53.7. The predicted molar refractivity (Wildman–Crippen MR) is 275 cm³/mol. The molecule has 0 fully saturated rings. The first-order chi connectivity index (χ1) is 30.8. The molecule has 14 rings (SSSR count). The van der Waals surface area contributed by atoms with E-state index in [2.05, 4.69) is 204 Å². The predicted octanol–water partition coefficient (Wildman–Crippen LogP) is 15.2. The molecule has 0 N–H and O–H groups in total. The van der Waals surface area contributed by atoms with Crippen LogP contribution in [0.2, 0.25) is 0 Å². The molecular formula is C59H47BN2OS. The van der Waals surface area contributed by atoms with Gasteiger partial charge in [0.15, 0.2) is 0 Å². The lowest BCUT2D eigenvalue weighted by atomic mass is 9.43. The number of hydrogen-bond donors (Lipinski definition) is 0. The minimum atomic E-state index is -0.174. The van der Waals surface area contributed by atoms with Crippen LogP contribution in [-0.2, 0) is 16.2 Å². The zero-order valence-electron chi connectivity index (χ0n) is 37.6. The number of thiophene rings is 1. The highest BCUT2D eigenvalue weighted by molar-refractivity contribution is 7.26. The van der Waals surface area contributed by atoms with Crippen molar-refractivity contribution < 1.29 is 4.42 Å². The standard InChI is InChI=1S/C59H47BN2OS/c1-57(2,3)32-21-24-34(25-22-32)62-46-30-38-35-15-9-12-18-42(35)59(7,8)43(38)28-41(46)51-52-37-17-10-13-19-48(37)63-56(52)53-40-27-33(58(4,5)6)23-26-45(40)61-47-31-50-39(36-16-11-14-20-49(36)64-50)29-44(47)60(62)54(51)55(53)61/h9-31H,1-8H3. The molecule has 0 unspecified atom stereocenters. The fourth-order valence-electron chi connectivity index (χ4n) is 12.1. The molecule has 11 aromatic rings. The van der Waals surface area contributed by atoms with E-state index < -0.39 is 0 Å². The molecule has 0 bridgehead atoms. The molecular weight excluding hydrogens is 796 g/mol. The fourth-order valence-corrected chi connectivity index (χ4v) is 13.2. The smallest absolute Gasteiger partial charge is 0.333 e. The topological polar surface area (TPSA) is 21.3 Å². The van der Waals surface area contributed by atoms with Crippen molar-refractivity contribution in [3.63, 3.8) is 0 Å². The summed E-state index contributed by atoms with van der Waals surface area (Å²) in [4.78, 5) is 2.72. The third-order valence-corrected chi connectivity index (χ3v) is 16.4. The summed E-state index contributed by atoms with van der Waals surface area (Å²) in [7, 11) is 0. The zero-order chi connectivity index (χ0) is 43.3. The van der Waals surface area contributed by atoms with E-state index >= 15 is 0 Å². The summed E-state index contributed by atoms with van der Waals surface area (Å²) < 4.78 is 12.5. The number of furan rings is 1. The Balaban J connectivity index is 1.23. The minimum Gasteiger partial charge on any atom is -0.455 e. The average molecular weight is 843 g/mol. The summed E-state index contributed by atoms with van der Waals surface area (Å²) in [5.74, 6) is 0. The van der Waals surface area contributed by atoms with Crippen LogP contribution in [0, 0.1) is 0 Å². The maximum atomic E-state index is 7.27. The molecule has 2 aliphatic heterocycles. The molecule has 0 saturated carbocycles. The van der Waals surface area contributed by atoms with E-state index in [4.69, 9.17) is 4.42 Å². The van der Waals surface area contributed by atoms with Crippen molar-refractivity contribution >= 4 is 104 Å². The molecule has 0 saturated heterocycles. The van der Waals surface area contributed by atoms with Gasteiger partial charge < -0.3 is 13.8 Å². The maximum Gasteiger partial charge on any atom is 0.333 e. The first-order valence-electron chi connectivity index (χ1n) is 22.9. The number of hydrogen-bond acceptors (Lipinski definition) is 3. The summed E-state index contributed by atoms with van der Waals surface area (Å²) >= 11 is 1.90. The van der Waals surface area contributed by atoms with Crippen molar-refractivity contribution in [1.82, 2.24) is 4.57 Å². The van der Waals surface area contributed by atoms with Crippen molar-refractivity contribution in [2.45, 2.75) is 71.6 Å². The SMILES string of the molecule is CC(C)(C)c1ccc(N2B3c4cc5c(cc4-n4c6ccc(C(C)(C)C)cc6c6c7oc8ccccc8c7c(c3c64)-c3cc4c(cc32)-c2ccccc2C4(C)C)sc2ccccc25)cc1. The second kappa shape index (κ2) is 12.0. The number of benzene rings is 8. The van der Waals surface area contributed by atoms with E-state index in [0.29, 0.717) is 0 Å². The molecule has 3 nitrogen and oxygen atoms in total. The van der Waals surface area contributed by atoms with E-state index in [0.717, 1.165) is 11.2 Å². The first-order valence-corrected chi connectivity index (χ1v) is 23.7. The third-order valence-electron chi connectivity index (χ3n) is 15.3. The molecule has 0 spiro atoms. The summed E-state index contributed by atoms with van der Waals surface area (Å²) in [5.41, 5.74) is 21.2. The Morgan fingerprint density at radius 3 is 2.08 bits per heavy atom. The molecule has 3 aromatic heterocycles. The summed E-state index contributed by atoms with van der Waals surface area (Å²) in [6.45, 7) is 18.6. The normalized spacial score (nSPS) is 14.9. The van der Waals surface area contributed by atoms with Crippen LogP contribution in [0.5, 0.6) is 0 Å². The van der Waals surface area contributed by atoms with Gasteiger partial charge in [0.1, 0.15) is 11.2 Å².